The second-order valence-electron chi connectivity index (χ2n) is 5.48. The highest BCUT2D eigenvalue weighted by Gasteiger charge is 2.37. The number of halogens is 1. The van der Waals surface area contributed by atoms with Crippen molar-refractivity contribution in [1.29, 1.82) is 0 Å². The Balaban J connectivity index is 0.00000144. The first-order valence-electron chi connectivity index (χ1n) is 6.73. The lowest BCUT2D eigenvalue weighted by Crippen LogP contribution is -2.44. The Morgan fingerprint density at radius 2 is 1.59 bits per heavy atom. The van der Waals surface area contributed by atoms with Gasteiger partial charge in [0.25, 0.3) is 0 Å². The molecule has 0 spiro atoms. The normalized spacial score (nSPS) is 28.4. The SMILES string of the molecule is CC1CCC(N(C(=O)CCN)C2CC2)CC1.Cl. The Morgan fingerprint density at radius 3 is 2.00 bits per heavy atom. The Hall–Kier alpha value is -0.280. The molecular weight excluding hydrogens is 236 g/mol. The summed E-state index contributed by atoms with van der Waals surface area (Å²) in [6.45, 7) is 2.81. The van der Waals surface area contributed by atoms with Gasteiger partial charge in [-0.05, 0) is 44.4 Å². The summed E-state index contributed by atoms with van der Waals surface area (Å²) in [5.74, 6) is 1.14. The van der Waals surface area contributed by atoms with Crippen molar-refractivity contribution in [2.24, 2.45) is 11.7 Å². The van der Waals surface area contributed by atoms with Crippen molar-refractivity contribution in [3.8, 4) is 0 Å². The van der Waals surface area contributed by atoms with Crippen LogP contribution < -0.4 is 5.73 Å². The number of rotatable bonds is 4. The molecule has 0 aromatic rings. The number of nitrogens with two attached hydrogens (primary N) is 1. The molecule has 0 aliphatic heterocycles. The van der Waals surface area contributed by atoms with Crippen LogP contribution in [0.1, 0.15) is 51.9 Å². The van der Waals surface area contributed by atoms with Crippen LogP contribution in [0.15, 0.2) is 0 Å². The third-order valence-electron chi connectivity index (χ3n) is 3.97. The number of amides is 1. The molecule has 0 bridgehead atoms. The van der Waals surface area contributed by atoms with Crippen molar-refractivity contribution in [3.63, 3.8) is 0 Å². The van der Waals surface area contributed by atoms with E-state index in [2.05, 4.69) is 11.8 Å². The van der Waals surface area contributed by atoms with Crippen molar-refractivity contribution in [1.82, 2.24) is 4.90 Å². The van der Waals surface area contributed by atoms with Gasteiger partial charge in [0.2, 0.25) is 5.91 Å². The van der Waals surface area contributed by atoms with Crippen LogP contribution in [0.4, 0.5) is 0 Å². The first kappa shape index (κ1) is 14.8. The van der Waals surface area contributed by atoms with Crippen molar-refractivity contribution in [3.05, 3.63) is 0 Å². The van der Waals surface area contributed by atoms with Crippen LogP contribution in [-0.2, 0) is 4.79 Å². The van der Waals surface area contributed by atoms with E-state index in [1.165, 1.54) is 38.5 Å². The molecule has 17 heavy (non-hydrogen) atoms. The standard InChI is InChI=1S/C13H24N2O.ClH/c1-10-2-4-11(5-3-10)15(12-6-7-12)13(16)8-9-14;/h10-12H,2-9,14H2,1H3;1H. The number of hydrogen-bond donors (Lipinski definition) is 1. The second kappa shape index (κ2) is 6.60. The maximum atomic E-state index is 12.1. The van der Waals surface area contributed by atoms with Crippen molar-refractivity contribution in [2.75, 3.05) is 6.54 Å². The fraction of sp³-hybridized carbons (Fsp3) is 0.923. The molecular formula is C13H25ClN2O. The summed E-state index contributed by atoms with van der Waals surface area (Å²) in [5, 5.41) is 0. The Bertz CT molecular complexity index is 248. The van der Waals surface area contributed by atoms with E-state index in [0.717, 1.165) is 5.92 Å². The van der Waals surface area contributed by atoms with Gasteiger partial charge in [-0.25, -0.2) is 0 Å². The fourth-order valence-electron chi connectivity index (χ4n) is 2.83. The fourth-order valence-corrected chi connectivity index (χ4v) is 2.83. The lowest BCUT2D eigenvalue weighted by Gasteiger charge is -2.36. The third-order valence-corrected chi connectivity index (χ3v) is 3.97. The lowest BCUT2D eigenvalue weighted by atomic mass is 9.86. The first-order valence-corrected chi connectivity index (χ1v) is 6.73. The van der Waals surface area contributed by atoms with E-state index in [-0.39, 0.29) is 12.4 Å². The van der Waals surface area contributed by atoms with Gasteiger partial charge in [-0.3, -0.25) is 4.79 Å². The minimum atomic E-state index is 0. The highest BCUT2D eigenvalue weighted by molar-refractivity contribution is 5.85. The van der Waals surface area contributed by atoms with Gasteiger partial charge in [0.1, 0.15) is 0 Å². The topological polar surface area (TPSA) is 46.3 Å². The van der Waals surface area contributed by atoms with Crippen LogP contribution in [0.5, 0.6) is 0 Å². The number of nitrogens with zero attached hydrogens (tertiary/aromatic N) is 1. The molecule has 2 N–H and O–H groups in total. The highest BCUT2D eigenvalue weighted by Crippen LogP contribution is 2.35. The molecule has 0 saturated heterocycles. The zero-order valence-electron chi connectivity index (χ0n) is 10.7. The minimum absolute atomic E-state index is 0. The molecule has 0 radical (unpaired) electrons. The Morgan fingerprint density at radius 1 is 1.12 bits per heavy atom. The zero-order valence-corrected chi connectivity index (χ0v) is 11.5. The average Bonchev–Trinajstić information content (AvgIpc) is 3.06. The van der Waals surface area contributed by atoms with E-state index in [1.54, 1.807) is 0 Å². The third kappa shape index (κ3) is 3.85. The van der Waals surface area contributed by atoms with Crippen LogP contribution in [0.2, 0.25) is 0 Å². The molecule has 0 aromatic heterocycles. The van der Waals surface area contributed by atoms with E-state index in [0.29, 0.717) is 31.0 Å². The molecule has 2 aliphatic rings. The molecule has 0 atom stereocenters. The summed E-state index contributed by atoms with van der Waals surface area (Å²) in [5.41, 5.74) is 5.49. The molecule has 0 heterocycles. The van der Waals surface area contributed by atoms with Crippen molar-refractivity contribution < 1.29 is 4.79 Å². The van der Waals surface area contributed by atoms with Crippen LogP contribution in [0, 0.1) is 5.92 Å². The van der Waals surface area contributed by atoms with Crippen LogP contribution in [0.25, 0.3) is 0 Å². The van der Waals surface area contributed by atoms with Gasteiger partial charge in [-0.15, -0.1) is 12.4 Å². The lowest BCUT2D eigenvalue weighted by molar-refractivity contribution is -0.134. The predicted molar refractivity (Wildman–Crippen MR) is 72.2 cm³/mol. The average molecular weight is 261 g/mol. The van der Waals surface area contributed by atoms with E-state index in [9.17, 15) is 4.79 Å². The second-order valence-corrected chi connectivity index (χ2v) is 5.48. The molecule has 0 aromatic carbocycles. The summed E-state index contributed by atoms with van der Waals surface area (Å²) in [6, 6.07) is 1.07. The molecule has 100 valence electrons. The van der Waals surface area contributed by atoms with E-state index < -0.39 is 0 Å². The number of carbonyl (C=O) groups is 1. The molecule has 4 heteroatoms. The molecule has 3 nitrogen and oxygen atoms in total. The molecule has 2 rings (SSSR count). The smallest absolute Gasteiger partial charge is 0.224 e. The van der Waals surface area contributed by atoms with E-state index >= 15 is 0 Å². The van der Waals surface area contributed by atoms with Gasteiger partial charge in [0, 0.05) is 25.0 Å². The first-order chi connectivity index (χ1) is 7.72. The predicted octanol–water partition coefficient (Wildman–Crippen LogP) is 2.33. The molecule has 2 aliphatic carbocycles. The van der Waals surface area contributed by atoms with Gasteiger partial charge in [-0.2, -0.15) is 0 Å². The Labute approximate surface area is 111 Å². The van der Waals surface area contributed by atoms with Gasteiger partial charge in [-0.1, -0.05) is 6.92 Å². The van der Waals surface area contributed by atoms with Gasteiger partial charge in [0.15, 0.2) is 0 Å². The maximum absolute atomic E-state index is 12.1. The summed E-state index contributed by atoms with van der Waals surface area (Å²) in [6.07, 6.45) is 7.92. The molecule has 0 unspecified atom stereocenters. The van der Waals surface area contributed by atoms with Crippen LogP contribution in [0.3, 0.4) is 0 Å². The zero-order chi connectivity index (χ0) is 11.5. The highest BCUT2D eigenvalue weighted by atomic mass is 35.5. The molecule has 2 saturated carbocycles. The van der Waals surface area contributed by atoms with Gasteiger partial charge in [0.05, 0.1) is 0 Å². The van der Waals surface area contributed by atoms with Gasteiger partial charge >= 0.3 is 0 Å². The summed E-state index contributed by atoms with van der Waals surface area (Å²) in [4.78, 5) is 14.2. The van der Waals surface area contributed by atoms with E-state index in [1.807, 2.05) is 0 Å². The monoisotopic (exact) mass is 260 g/mol. The largest absolute Gasteiger partial charge is 0.337 e. The quantitative estimate of drug-likeness (QED) is 0.843. The summed E-state index contributed by atoms with van der Waals surface area (Å²) in [7, 11) is 0. The van der Waals surface area contributed by atoms with Crippen molar-refractivity contribution in [2.45, 2.75) is 64.0 Å². The molecule has 2 fully saturated rings. The van der Waals surface area contributed by atoms with E-state index in [4.69, 9.17) is 5.73 Å². The summed E-state index contributed by atoms with van der Waals surface area (Å²) < 4.78 is 0. The minimum Gasteiger partial charge on any atom is -0.337 e. The number of hydrogen-bond acceptors (Lipinski definition) is 2. The maximum Gasteiger partial charge on any atom is 0.224 e. The summed E-state index contributed by atoms with van der Waals surface area (Å²) >= 11 is 0. The van der Waals surface area contributed by atoms with Crippen LogP contribution in [-0.4, -0.2) is 29.4 Å². The molecule has 1 amide bonds. The van der Waals surface area contributed by atoms with Crippen molar-refractivity contribution >= 4 is 18.3 Å². The van der Waals surface area contributed by atoms with Crippen LogP contribution >= 0.6 is 12.4 Å². The van der Waals surface area contributed by atoms with Gasteiger partial charge < -0.3 is 10.6 Å². The Kier molecular flexibility index (Phi) is 5.74. The number of carbonyl (C=O) groups excluding carboxylic acids is 1.